The first kappa shape index (κ1) is 15.0. The highest BCUT2D eigenvalue weighted by Crippen LogP contribution is 2.42. The minimum atomic E-state index is -3.66. The Bertz CT molecular complexity index is 758. The number of aryl methyl sites for hydroxylation is 2. The van der Waals surface area contributed by atoms with Crippen LogP contribution in [0.25, 0.3) is 0 Å². The average molecular weight is 348 g/mol. The lowest BCUT2D eigenvalue weighted by Crippen LogP contribution is -2.51. The van der Waals surface area contributed by atoms with Crippen LogP contribution < -0.4 is 4.72 Å². The summed E-state index contributed by atoms with van der Waals surface area (Å²) in [6.07, 6.45) is 2.23. The summed E-state index contributed by atoms with van der Waals surface area (Å²) >= 11 is 7.01. The molecule has 6 nitrogen and oxygen atoms in total. The lowest BCUT2D eigenvalue weighted by atomic mass is 9.77. The van der Waals surface area contributed by atoms with E-state index in [1.165, 1.54) is 0 Å². The topological polar surface area (TPSA) is 85.1 Å². The molecule has 0 amide bonds. The van der Waals surface area contributed by atoms with Crippen molar-refractivity contribution in [1.29, 1.82) is 0 Å². The molecular weight excluding hydrogens is 334 g/mol. The van der Waals surface area contributed by atoms with Gasteiger partial charge >= 0.3 is 0 Å². The Labute approximate surface area is 131 Å². The highest BCUT2D eigenvalue weighted by Gasteiger charge is 2.46. The van der Waals surface area contributed by atoms with E-state index in [1.807, 2.05) is 0 Å². The summed E-state index contributed by atoms with van der Waals surface area (Å²) < 4.78 is 33.5. The molecule has 9 heteroatoms. The van der Waals surface area contributed by atoms with Gasteiger partial charge in [0, 0.05) is 6.92 Å². The predicted octanol–water partition coefficient (Wildman–Crippen LogP) is 2.76. The fraction of sp³-hybridized carbons (Fsp3) is 0.500. The molecule has 1 N–H and O–H groups in total. The third-order valence-corrected chi connectivity index (χ3v) is 7.16. The Balaban J connectivity index is 1.93. The normalized spacial score (nSPS) is 17.7. The van der Waals surface area contributed by atoms with Gasteiger partial charge in [-0.05, 0) is 37.8 Å². The lowest BCUT2D eigenvalue weighted by molar-refractivity contribution is 0.203. The molecule has 0 spiro atoms. The molecule has 0 aliphatic heterocycles. The molecular formula is C12H14ClN3O3S2. The third-order valence-electron chi connectivity index (χ3n) is 3.59. The first-order valence-corrected chi connectivity index (χ1v) is 9.11. The SMILES string of the molecule is Cc1nc(C2(NS(=O)(=O)c3cc(C)c(Cl)s3)CCC2)no1. The zero-order valence-corrected chi connectivity index (χ0v) is 13.9. The summed E-state index contributed by atoms with van der Waals surface area (Å²) in [5, 5.41) is 3.87. The predicted molar refractivity (Wildman–Crippen MR) is 79.0 cm³/mol. The van der Waals surface area contributed by atoms with Crippen molar-refractivity contribution in [2.75, 3.05) is 0 Å². The van der Waals surface area contributed by atoms with Crippen LogP contribution >= 0.6 is 22.9 Å². The van der Waals surface area contributed by atoms with Gasteiger partial charge in [-0.1, -0.05) is 16.8 Å². The summed E-state index contributed by atoms with van der Waals surface area (Å²) in [4.78, 5) is 4.18. The van der Waals surface area contributed by atoms with Crippen molar-refractivity contribution in [2.24, 2.45) is 0 Å². The fourth-order valence-electron chi connectivity index (χ4n) is 2.27. The van der Waals surface area contributed by atoms with Crippen LogP contribution in [0.2, 0.25) is 4.34 Å². The van der Waals surface area contributed by atoms with Crippen LogP contribution in [0.3, 0.4) is 0 Å². The van der Waals surface area contributed by atoms with Gasteiger partial charge in [0.15, 0.2) is 5.82 Å². The van der Waals surface area contributed by atoms with Gasteiger partial charge in [-0.2, -0.15) is 9.71 Å². The van der Waals surface area contributed by atoms with Crippen LogP contribution in [0.4, 0.5) is 0 Å². The van der Waals surface area contributed by atoms with E-state index in [2.05, 4.69) is 14.9 Å². The minimum absolute atomic E-state index is 0.205. The van der Waals surface area contributed by atoms with Gasteiger partial charge in [-0.25, -0.2) is 8.42 Å². The van der Waals surface area contributed by atoms with Crippen LogP contribution in [0, 0.1) is 13.8 Å². The smallest absolute Gasteiger partial charge is 0.251 e. The van der Waals surface area contributed by atoms with Crippen molar-refractivity contribution in [1.82, 2.24) is 14.9 Å². The van der Waals surface area contributed by atoms with Crippen molar-refractivity contribution < 1.29 is 12.9 Å². The van der Waals surface area contributed by atoms with E-state index in [9.17, 15) is 8.42 Å². The summed E-state index contributed by atoms with van der Waals surface area (Å²) in [6, 6.07) is 1.57. The van der Waals surface area contributed by atoms with E-state index < -0.39 is 15.6 Å². The van der Waals surface area contributed by atoms with Gasteiger partial charge in [-0.15, -0.1) is 11.3 Å². The number of hydrogen-bond donors (Lipinski definition) is 1. The molecule has 0 bridgehead atoms. The first-order valence-electron chi connectivity index (χ1n) is 6.43. The Morgan fingerprint density at radius 2 is 2.14 bits per heavy atom. The molecule has 21 heavy (non-hydrogen) atoms. The fourth-order valence-corrected chi connectivity index (χ4v) is 5.40. The third kappa shape index (κ3) is 2.61. The molecule has 0 saturated heterocycles. The second kappa shape index (κ2) is 5.05. The summed E-state index contributed by atoms with van der Waals surface area (Å²) in [7, 11) is -3.66. The van der Waals surface area contributed by atoms with Gasteiger partial charge < -0.3 is 4.52 Å². The molecule has 2 aromatic rings. The number of aromatic nitrogens is 2. The van der Waals surface area contributed by atoms with Gasteiger partial charge in [0.25, 0.3) is 10.0 Å². The van der Waals surface area contributed by atoms with Gasteiger partial charge in [0.1, 0.15) is 4.21 Å². The number of nitrogens with zero attached hydrogens (tertiary/aromatic N) is 2. The van der Waals surface area contributed by atoms with Crippen molar-refractivity contribution in [3.8, 4) is 0 Å². The van der Waals surface area contributed by atoms with Crippen LogP contribution in [-0.4, -0.2) is 18.6 Å². The Morgan fingerprint density at radius 3 is 2.57 bits per heavy atom. The molecule has 0 aromatic carbocycles. The maximum Gasteiger partial charge on any atom is 0.251 e. The second-order valence-electron chi connectivity index (χ2n) is 5.20. The number of hydrogen-bond acceptors (Lipinski definition) is 6. The molecule has 2 heterocycles. The van der Waals surface area contributed by atoms with Crippen LogP contribution in [-0.2, 0) is 15.6 Å². The van der Waals surface area contributed by atoms with Crippen LogP contribution in [0.5, 0.6) is 0 Å². The van der Waals surface area contributed by atoms with E-state index in [-0.39, 0.29) is 4.21 Å². The average Bonchev–Trinajstić information content (AvgIpc) is 2.92. The van der Waals surface area contributed by atoms with E-state index in [0.29, 0.717) is 28.9 Å². The van der Waals surface area contributed by atoms with E-state index in [0.717, 1.165) is 23.3 Å². The monoisotopic (exact) mass is 347 g/mol. The molecule has 0 atom stereocenters. The van der Waals surface area contributed by atoms with Crippen LogP contribution in [0.15, 0.2) is 14.8 Å². The number of rotatable bonds is 4. The zero-order valence-electron chi connectivity index (χ0n) is 11.5. The van der Waals surface area contributed by atoms with Crippen molar-refractivity contribution in [2.45, 2.75) is 42.9 Å². The molecule has 1 aliphatic rings. The zero-order chi connectivity index (χ0) is 15.3. The van der Waals surface area contributed by atoms with Gasteiger partial charge in [0.05, 0.1) is 9.88 Å². The number of thiophene rings is 1. The van der Waals surface area contributed by atoms with E-state index in [4.69, 9.17) is 16.1 Å². The molecule has 3 rings (SSSR count). The maximum atomic E-state index is 12.5. The van der Waals surface area contributed by atoms with Crippen molar-refractivity contribution >= 4 is 33.0 Å². The number of nitrogens with one attached hydrogen (secondary N) is 1. The standard InChI is InChI=1S/C12H14ClN3O3S2/c1-7-6-9(20-10(7)13)21(17,18)16-12(4-3-5-12)11-14-8(2)19-15-11/h6,16H,3-5H2,1-2H3. The summed E-state index contributed by atoms with van der Waals surface area (Å²) in [5.74, 6) is 0.819. The molecule has 1 fully saturated rings. The van der Waals surface area contributed by atoms with Crippen molar-refractivity contribution in [3.63, 3.8) is 0 Å². The number of halogens is 1. The minimum Gasteiger partial charge on any atom is -0.340 e. The Kier molecular flexibility index (Phi) is 3.59. The quantitative estimate of drug-likeness (QED) is 0.919. The highest BCUT2D eigenvalue weighted by molar-refractivity contribution is 7.91. The Morgan fingerprint density at radius 1 is 1.43 bits per heavy atom. The van der Waals surface area contributed by atoms with Crippen LogP contribution in [0.1, 0.15) is 36.5 Å². The maximum absolute atomic E-state index is 12.5. The second-order valence-corrected chi connectivity index (χ2v) is 8.76. The van der Waals surface area contributed by atoms with Gasteiger partial charge in [-0.3, -0.25) is 0 Å². The van der Waals surface area contributed by atoms with Gasteiger partial charge in [0.2, 0.25) is 5.89 Å². The highest BCUT2D eigenvalue weighted by atomic mass is 35.5. The van der Waals surface area contributed by atoms with E-state index >= 15 is 0 Å². The molecule has 0 unspecified atom stereocenters. The molecule has 2 aromatic heterocycles. The Hall–Kier alpha value is -0.960. The molecule has 1 aliphatic carbocycles. The molecule has 0 radical (unpaired) electrons. The molecule has 1 saturated carbocycles. The first-order chi connectivity index (χ1) is 9.82. The number of sulfonamides is 1. The summed E-state index contributed by atoms with van der Waals surface area (Å²) in [5.41, 5.74) is -0.0128. The lowest BCUT2D eigenvalue weighted by Gasteiger charge is -2.38. The summed E-state index contributed by atoms with van der Waals surface area (Å²) in [6.45, 7) is 3.46. The largest absolute Gasteiger partial charge is 0.340 e. The van der Waals surface area contributed by atoms with E-state index in [1.54, 1.807) is 19.9 Å². The molecule has 114 valence electrons. The van der Waals surface area contributed by atoms with Crippen molar-refractivity contribution in [3.05, 3.63) is 27.7 Å².